The molecule has 0 aliphatic carbocycles. The van der Waals surface area contributed by atoms with Crippen molar-refractivity contribution in [3.8, 4) is 11.6 Å². The number of methoxy groups -OCH3 is 1. The second kappa shape index (κ2) is 9.80. The molecule has 0 saturated heterocycles. The number of esters is 1. The number of ether oxygens (including phenoxy) is 3. The molecule has 10 heteroatoms. The van der Waals surface area contributed by atoms with Gasteiger partial charge in [-0.3, -0.25) is 0 Å². The molecule has 2 aromatic rings. The van der Waals surface area contributed by atoms with Crippen LogP contribution in [0, 0.1) is 0 Å². The SMILES string of the molecule is C=Cc1c(C(=O)OCC)nn(-c2cnc(N(C)C(=O)OC(C)(C)C)nc2OC)c1C(C)C. The van der Waals surface area contributed by atoms with Crippen LogP contribution in [-0.4, -0.2) is 58.2 Å². The van der Waals surface area contributed by atoms with Crippen molar-refractivity contribution in [3.05, 3.63) is 29.7 Å². The van der Waals surface area contributed by atoms with E-state index in [1.807, 2.05) is 13.8 Å². The third-order valence-electron chi connectivity index (χ3n) is 4.29. The first-order valence-electron chi connectivity index (χ1n) is 10.3. The molecule has 32 heavy (non-hydrogen) atoms. The van der Waals surface area contributed by atoms with Gasteiger partial charge in [-0.2, -0.15) is 10.1 Å². The lowest BCUT2D eigenvalue weighted by atomic mass is 10.0. The number of nitrogens with zero attached hydrogens (tertiary/aromatic N) is 5. The summed E-state index contributed by atoms with van der Waals surface area (Å²) in [6.07, 6.45) is 2.44. The number of rotatable bonds is 7. The van der Waals surface area contributed by atoms with Crippen LogP contribution in [0.5, 0.6) is 5.88 Å². The van der Waals surface area contributed by atoms with Crippen LogP contribution in [0.15, 0.2) is 12.8 Å². The highest BCUT2D eigenvalue weighted by Gasteiger charge is 2.28. The first-order valence-corrected chi connectivity index (χ1v) is 10.3. The third kappa shape index (κ3) is 5.24. The van der Waals surface area contributed by atoms with E-state index in [0.717, 1.165) is 5.69 Å². The number of carbonyl (C=O) groups excluding carboxylic acids is 2. The first kappa shape index (κ1) is 24.8. The largest absolute Gasteiger partial charge is 0.479 e. The molecule has 0 aliphatic heterocycles. The maximum absolute atomic E-state index is 12.5. The average Bonchev–Trinajstić information content (AvgIpc) is 3.11. The van der Waals surface area contributed by atoms with Gasteiger partial charge in [0.05, 0.1) is 25.6 Å². The molecule has 0 aliphatic rings. The fourth-order valence-corrected chi connectivity index (χ4v) is 2.95. The molecule has 1 amide bonds. The Morgan fingerprint density at radius 2 is 1.97 bits per heavy atom. The smallest absolute Gasteiger partial charge is 0.416 e. The Hall–Kier alpha value is -3.43. The van der Waals surface area contributed by atoms with Crippen molar-refractivity contribution >= 4 is 24.1 Å². The van der Waals surface area contributed by atoms with Gasteiger partial charge in [0, 0.05) is 12.6 Å². The molecular formula is C22H31N5O5. The van der Waals surface area contributed by atoms with Crippen molar-refractivity contribution in [1.29, 1.82) is 0 Å². The highest BCUT2D eigenvalue weighted by atomic mass is 16.6. The summed E-state index contributed by atoms with van der Waals surface area (Å²) in [5.74, 6) is -0.315. The molecule has 0 fully saturated rings. The predicted molar refractivity (Wildman–Crippen MR) is 120 cm³/mol. The molecule has 0 unspecified atom stereocenters. The molecule has 2 rings (SSSR count). The van der Waals surface area contributed by atoms with E-state index < -0.39 is 17.7 Å². The number of carbonyl (C=O) groups is 2. The van der Waals surface area contributed by atoms with E-state index in [2.05, 4.69) is 21.6 Å². The molecular weight excluding hydrogens is 414 g/mol. The number of aromatic nitrogens is 4. The lowest BCUT2D eigenvalue weighted by molar-refractivity contribution is 0.0517. The molecule has 0 radical (unpaired) electrons. The summed E-state index contributed by atoms with van der Waals surface area (Å²) in [6, 6.07) is 0. The molecule has 10 nitrogen and oxygen atoms in total. The van der Waals surface area contributed by atoms with Gasteiger partial charge < -0.3 is 14.2 Å². The highest BCUT2D eigenvalue weighted by molar-refractivity contribution is 5.92. The van der Waals surface area contributed by atoms with Gasteiger partial charge in [-0.15, -0.1) is 0 Å². The van der Waals surface area contributed by atoms with E-state index in [0.29, 0.717) is 11.3 Å². The van der Waals surface area contributed by atoms with Crippen molar-refractivity contribution in [3.63, 3.8) is 0 Å². The van der Waals surface area contributed by atoms with Crippen molar-refractivity contribution in [2.45, 2.75) is 53.1 Å². The fourth-order valence-electron chi connectivity index (χ4n) is 2.95. The molecule has 0 bridgehead atoms. The Labute approximate surface area is 188 Å². The van der Waals surface area contributed by atoms with E-state index in [4.69, 9.17) is 14.2 Å². The summed E-state index contributed by atoms with van der Waals surface area (Å²) in [5, 5.41) is 4.46. The summed E-state index contributed by atoms with van der Waals surface area (Å²) in [4.78, 5) is 34.7. The van der Waals surface area contributed by atoms with E-state index in [9.17, 15) is 9.59 Å². The van der Waals surface area contributed by atoms with Crippen molar-refractivity contribution in [2.24, 2.45) is 0 Å². The van der Waals surface area contributed by atoms with Crippen LogP contribution >= 0.6 is 0 Å². The summed E-state index contributed by atoms with van der Waals surface area (Å²) in [5.41, 5.74) is 1.16. The third-order valence-corrected chi connectivity index (χ3v) is 4.29. The van der Waals surface area contributed by atoms with Crippen LogP contribution in [0.2, 0.25) is 0 Å². The normalized spacial score (nSPS) is 11.3. The topological polar surface area (TPSA) is 109 Å². The van der Waals surface area contributed by atoms with Crippen LogP contribution in [0.25, 0.3) is 11.8 Å². The van der Waals surface area contributed by atoms with Gasteiger partial charge in [-0.1, -0.05) is 26.5 Å². The number of amides is 1. The standard InChI is InChI=1S/C22H31N5O5/c1-10-14-16(19(28)31-11-2)25-27(17(14)13(3)4)15-12-23-20(24-18(15)30-9)26(8)21(29)32-22(5,6)7/h10,12-13H,1,11H2,2-9H3. The molecule has 0 spiro atoms. The molecule has 2 aromatic heterocycles. The Kier molecular flexibility index (Phi) is 7.60. The molecule has 0 N–H and O–H groups in total. The van der Waals surface area contributed by atoms with Crippen LogP contribution in [-0.2, 0) is 9.47 Å². The van der Waals surface area contributed by atoms with E-state index in [1.165, 1.54) is 25.3 Å². The van der Waals surface area contributed by atoms with E-state index in [1.54, 1.807) is 38.5 Å². The number of hydrogen-bond donors (Lipinski definition) is 0. The molecule has 0 aromatic carbocycles. The molecule has 174 valence electrons. The lowest BCUT2D eigenvalue weighted by Gasteiger charge is -2.24. The van der Waals surface area contributed by atoms with Crippen LogP contribution in [0.3, 0.4) is 0 Å². The van der Waals surface area contributed by atoms with Crippen LogP contribution in [0.1, 0.15) is 69.2 Å². The van der Waals surface area contributed by atoms with Gasteiger partial charge in [0.1, 0.15) is 11.3 Å². The second-order valence-electron chi connectivity index (χ2n) is 8.24. The predicted octanol–water partition coefficient (Wildman–Crippen LogP) is 3.99. The molecule has 0 saturated carbocycles. The quantitative estimate of drug-likeness (QED) is 0.589. The average molecular weight is 446 g/mol. The summed E-state index contributed by atoms with van der Waals surface area (Å²) in [6.45, 7) is 15.0. The van der Waals surface area contributed by atoms with Crippen LogP contribution in [0.4, 0.5) is 10.7 Å². The number of anilines is 1. The maximum atomic E-state index is 12.5. The first-order chi connectivity index (χ1) is 14.9. The van der Waals surface area contributed by atoms with Gasteiger partial charge in [0.15, 0.2) is 5.69 Å². The number of hydrogen-bond acceptors (Lipinski definition) is 8. The van der Waals surface area contributed by atoms with Gasteiger partial charge >= 0.3 is 12.1 Å². The minimum Gasteiger partial charge on any atom is -0.479 e. The fraction of sp³-hybridized carbons (Fsp3) is 0.500. The Balaban J connectivity index is 2.59. The van der Waals surface area contributed by atoms with Crippen molar-refractivity contribution in [2.75, 3.05) is 25.7 Å². The second-order valence-corrected chi connectivity index (χ2v) is 8.24. The zero-order valence-corrected chi connectivity index (χ0v) is 19.9. The van der Waals surface area contributed by atoms with Gasteiger partial charge in [0.2, 0.25) is 11.8 Å². The van der Waals surface area contributed by atoms with Crippen molar-refractivity contribution < 1.29 is 23.8 Å². The summed E-state index contributed by atoms with van der Waals surface area (Å²) >= 11 is 0. The highest BCUT2D eigenvalue weighted by Crippen LogP contribution is 2.31. The monoisotopic (exact) mass is 445 g/mol. The lowest BCUT2D eigenvalue weighted by Crippen LogP contribution is -2.35. The zero-order chi connectivity index (χ0) is 24.2. The Bertz CT molecular complexity index is 1010. The van der Waals surface area contributed by atoms with Gasteiger partial charge in [0.25, 0.3) is 0 Å². The maximum Gasteiger partial charge on any atom is 0.416 e. The van der Waals surface area contributed by atoms with Gasteiger partial charge in [-0.25, -0.2) is 24.2 Å². The molecule has 2 heterocycles. The summed E-state index contributed by atoms with van der Waals surface area (Å²) in [7, 11) is 2.95. The Morgan fingerprint density at radius 1 is 1.31 bits per heavy atom. The van der Waals surface area contributed by atoms with E-state index in [-0.39, 0.29) is 30.0 Å². The van der Waals surface area contributed by atoms with Gasteiger partial charge in [-0.05, 0) is 33.6 Å². The van der Waals surface area contributed by atoms with Crippen LogP contribution < -0.4 is 9.64 Å². The minimum atomic E-state index is -0.665. The summed E-state index contributed by atoms with van der Waals surface area (Å²) < 4.78 is 17.5. The Morgan fingerprint density at radius 3 is 2.47 bits per heavy atom. The minimum absolute atomic E-state index is 0.0208. The molecule has 0 atom stereocenters. The van der Waals surface area contributed by atoms with Crippen molar-refractivity contribution in [1.82, 2.24) is 19.7 Å². The van der Waals surface area contributed by atoms with E-state index >= 15 is 0 Å². The zero-order valence-electron chi connectivity index (χ0n) is 19.9.